The van der Waals surface area contributed by atoms with Gasteiger partial charge in [0.15, 0.2) is 5.78 Å². The quantitative estimate of drug-likeness (QED) is 0.452. The Kier molecular flexibility index (Phi) is 9.56. The molecule has 7 heteroatoms. The van der Waals surface area contributed by atoms with Crippen molar-refractivity contribution in [2.24, 2.45) is 17.4 Å². The molecular weight excluding hydrogens is 308 g/mol. The van der Waals surface area contributed by atoms with E-state index in [1.54, 1.807) is 6.92 Å². The van der Waals surface area contributed by atoms with Crippen molar-refractivity contribution in [3.8, 4) is 0 Å². The van der Waals surface area contributed by atoms with Crippen molar-refractivity contribution >= 4 is 17.6 Å². The highest BCUT2D eigenvalue weighted by atomic mass is 16.2. The third kappa shape index (κ3) is 7.40. The van der Waals surface area contributed by atoms with Crippen molar-refractivity contribution in [3.63, 3.8) is 0 Å². The third-order valence-electron chi connectivity index (χ3n) is 4.71. The Bertz CT molecular complexity index is 422. The van der Waals surface area contributed by atoms with E-state index in [0.29, 0.717) is 25.2 Å². The predicted molar refractivity (Wildman–Crippen MR) is 93.1 cm³/mol. The van der Waals surface area contributed by atoms with Gasteiger partial charge in [-0.3, -0.25) is 14.4 Å². The number of amides is 2. The first-order chi connectivity index (χ1) is 11.5. The van der Waals surface area contributed by atoms with Gasteiger partial charge in [-0.1, -0.05) is 26.2 Å². The zero-order valence-corrected chi connectivity index (χ0v) is 14.7. The summed E-state index contributed by atoms with van der Waals surface area (Å²) in [5.74, 6) is -0.199. The number of carbonyl (C=O) groups is 3. The molecule has 2 atom stereocenters. The van der Waals surface area contributed by atoms with Gasteiger partial charge in [0.2, 0.25) is 11.8 Å². The van der Waals surface area contributed by atoms with Gasteiger partial charge < -0.3 is 22.1 Å². The van der Waals surface area contributed by atoms with E-state index in [1.165, 1.54) is 19.3 Å². The standard InChI is InChI=1S/C17H32N4O3/c1-2-15(22)14(10-18)21-17(24)11-20-16(23)9-8-13(19)12-6-4-3-5-7-12/h12-14H,2-11,18-19H2,1H3,(H,20,23)(H,21,24). The molecule has 0 spiro atoms. The number of nitrogens with two attached hydrogens (primary N) is 2. The fourth-order valence-electron chi connectivity index (χ4n) is 3.13. The van der Waals surface area contributed by atoms with Gasteiger partial charge in [-0.05, 0) is 25.2 Å². The summed E-state index contributed by atoms with van der Waals surface area (Å²) in [5.41, 5.74) is 11.6. The van der Waals surface area contributed by atoms with E-state index in [9.17, 15) is 14.4 Å². The number of hydrogen-bond donors (Lipinski definition) is 4. The Hall–Kier alpha value is -1.47. The molecule has 0 aromatic carbocycles. The Morgan fingerprint density at radius 2 is 1.79 bits per heavy atom. The average molecular weight is 340 g/mol. The van der Waals surface area contributed by atoms with Crippen LogP contribution in [0.25, 0.3) is 0 Å². The monoisotopic (exact) mass is 340 g/mol. The van der Waals surface area contributed by atoms with E-state index in [4.69, 9.17) is 11.5 Å². The zero-order valence-electron chi connectivity index (χ0n) is 14.7. The Morgan fingerprint density at radius 1 is 1.12 bits per heavy atom. The van der Waals surface area contributed by atoms with Crippen LogP contribution in [0.2, 0.25) is 0 Å². The normalized spacial score (nSPS) is 17.8. The van der Waals surface area contributed by atoms with E-state index < -0.39 is 11.9 Å². The Labute approximate surface area is 144 Å². The first-order valence-corrected chi connectivity index (χ1v) is 9.02. The van der Waals surface area contributed by atoms with Crippen LogP contribution < -0.4 is 22.1 Å². The summed E-state index contributed by atoms with van der Waals surface area (Å²) in [6.45, 7) is 1.63. The molecule has 7 nitrogen and oxygen atoms in total. The molecule has 0 heterocycles. The van der Waals surface area contributed by atoms with Crippen molar-refractivity contribution < 1.29 is 14.4 Å². The van der Waals surface area contributed by atoms with Gasteiger partial charge in [-0.2, -0.15) is 0 Å². The minimum Gasteiger partial charge on any atom is -0.347 e. The van der Waals surface area contributed by atoms with Gasteiger partial charge in [-0.15, -0.1) is 0 Å². The first-order valence-electron chi connectivity index (χ1n) is 9.02. The zero-order chi connectivity index (χ0) is 17.9. The molecule has 0 aromatic rings. The third-order valence-corrected chi connectivity index (χ3v) is 4.71. The maximum atomic E-state index is 11.8. The van der Waals surface area contributed by atoms with Crippen LogP contribution in [0.1, 0.15) is 58.3 Å². The lowest BCUT2D eigenvalue weighted by molar-refractivity contribution is -0.128. The van der Waals surface area contributed by atoms with Crippen LogP contribution >= 0.6 is 0 Å². The highest BCUT2D eigenvalue weighted by Gasteiger charge is 2.21. The summed E-state index contributed by atoms with van der Waals surface area (Å²) < 4.78 is 0. The molecule has 0 aromatic heterocycles. The molecule has 1 saturated carbocycles. The Morgan fingerprint density at radius 3 is 2.38 bits per heavy atom. The summed E-state index contributed by atoms with van der Waals surface area (Å²) in [5, 5.41) is 5.10. The molecule has 1 aliphatic rings. The summed E-state index contributed by atoms with van der Waals surface area (Å²) in [4.78, 5) is 35.2. The van der Waals surface area contributed by atoms with Gasteiger partial charge >= 0.3 is 0 Å². The van der Waals surface area contributed by atoms with Crippen molar-refractivity contribution in [2.75, 3.05) is 13.1 Å². The summed E-state index contributed by atoms with van der Waals surface area (Å²) in [7, 11) is 0. The fraction of sp³-hybridized carbons (Fsp3) is 0.824. The molecule has 0 radical (unpaired) electrons. The maximum Gasteiger partial charge on any atom is 0.240 e. The van der Waals surface area contributed by atoms with Crippen LogP contribution in [0.3, 0.4) is 0 Å². The molecule has 1 rings (SSSR count). The largest absolute Gasteiger partial charge is 0.347 e. The molecule has 1 fully saturated rings. The van der Waals surface area contributed by atoms with E-state index >= 15 is 0 Å². The second kappa shape index (κ2) is 11.1. The average Bonchev–Trinajstić information content (AvgIpc) is 2.62. The van der Waals surface area contributed by atoms with Crippen LogP contribution in [0.5, 0.6) is 0 Å². The number of hydrogen-bond acceptors (Lipinski definition) is 5. The highest BCUT2D eigenvalue weighted by molar-refractivity contribution is 5.91. The topological polar surface area (TPSA) is 127 Å². The molecule has 0 aliphatic heterocycles. The number of nitrogens with one attached hydrogen (secondary N) is 2. The number of ketones is 1. The second-order valence-corrected chi connectivity index (χ2v) is 6.55. The molecule has 138 valence electrons. The molecule has 2 amide bonds. The van der Waals surface area contributed by atoms with E-state index in [-0.39, 0.29) is 30.8 Å². The fourth-order valence-corrected chi connectivity index (χ4v) is 3.13. The summed E-state index contributed by atoms with van der Waals surface area (Å²) >= 11 is 0. The molecule has 24 heavy (non-hydrogen) atoms. The first kappa shape index (κ1) is 20.6. The number of rotatable bonds is 10. The minimum atomic E-state index is -0.681. The summed E-state index contributed by atoms with van der Waals surface area (Å²) in [6, 6.07) is -0.632. The van der Waals surface area contributed by atoms with Gasteiger partial charge in [0.05, 0.1) is 12.6 Å². The van der Waals surface area contributed by atoms with Crippen molar-refractivity contribution in [3.05, 3.63) is 0 Å². The van der Waals surface area contributed by atoms with E-state index in [0.717, 1.165) is 12.8 Å². The minimum absolute atomic E-state index is 0.0497. The van der Waals surface area contributed by atoms with Crippen LogP contribution in [0.4, 0.5) is 0 Å². The van der Waals surface area contributed by atoms with Gasteiger partial charge in [0.25, 0.3) is 0 Å². The van der Waals surface area contributed by atoms with Crippen LogP contribution in [0.15, 0.2) is 0 Å². The van der Waals surface area contributed by atoms with E-state index in [1.807, 2.05) is 0 Å². The van der Waals surface area contributed by atoms with Gasteiger partial charge in [0, 0.05) is 25.4 Å². The smallest absolute Gasteiger partial charge is 0.240 e. The van der Waals surface area contributed by atoms with Gasteiger partial charge in [-0.25, -0.2) is 0 Å². The molecule has 1 aliphatic carbocycles. The SMILES string of the molecule is CCC(=O)C(CN)NC(=O)CNC(=O)CCC(N)C1CCCCC1. The molecule has 2 unspecified atom stereocenters. The summed E-state index contributed by atoms with van der Waals surface area (Å²) in [6.07, 6.45) is 7.30. The van der Waals surface area contributed by atoms with Crippen molar-refractivity contribution in [1.29, 1.82) is 0 Å². The second-order valence-electron chi connectivity index (χ2n) is 6.55. The lowest BCUT2D eigenvalue weighted by Crippen LogP contribution is -2.49. The molecule has 0 saturated heterocycles. The number of Topliss-reactive ketones (excluding diaryl/α,β-unsaturated/α-hetero) is 1. The maximum absolute atomic E-state index is 11.8. The number of carbonyl (C=O) groups excluding carboxylic acids is 3. The van der Waals surface area contributed by atoms with Crippen LogP contribution in [0, 0.1) is 5.92 Å². The molecular formula is C17H32N4O3. The molecule has 0 bridgehead atoms. The van der Waals surface area contributed by atoms with Crippen molar-refractivity contribution in [2.45, 2.75) is 70.4 Å². The van der Waals surface area contributed by atoms with Gasteiger partial charge in [0.1, 0.15) is 0 Å². The lowest BCUT2D eigenvalue weighted by atomic mass is 9.82. The molecule has 6 N–H and O–H groups in total. The van der Waals surface area contributed by atoms with E-state index in [2.05, 4.69) is 10.6 Å². The Balaban J connectivity index is 2.22. The predicted octanol–water partition coefficient (Wildman–Crippen LogP) is 0.213. The van der Waals surface area contributed by atoms with Crippen LogP contribution in [-0.2, 0) is 14.4 Å². The highest BCUT2D eigenvalue weighted by Crippen LogP contribution is 2.27. The van der Waals surface area contributed by atoms with Crippen molar-refractivity contribution in [1.82, 2.24) is 10.6 Å². The lowest BCUT2D eigenvalue weighted by Gasteiger charge is -2.27. The van der Waals surface area contributed by atoms with Crippen LogP contribution in [-0.4, -0.2) is 42.8 Å².